The third-order valence-electron chi connectivity index (χ3n) is 4.06. The fourth-order valence-corrected chi connectivity index (χ4v) is 3.00. The van der Waals surface area contributed by atoms with E-state index in [2.05, 4.69) is 10.6 Å². The zero-order chi connectivity index (χ0) is 18.7. The van der Waals surface area contributed by atoms with Crippen LogP contribution in [0.25, 0.3) is 0 Å². The molecule has 0 saturated carbocycles. The van der Waals surface area contributed by atoms with Crippen molar-refractivity contribution in [3.8, 4) is 11.8 Å². The summed E-state index contributed by atoms with van der Waals surface area (Å²) in [5, 5.41) is 15.4. The summed E-state index contributed by atoms with van der Waals surface area (Å²) in [4.78, 5) is 11.8. The number of nitrogens with one attached hydrogen (secondary N) is 2. The van der Waals surface area contributed by atoms with E-state index in [-0.39, 0.29) is 28.3 Å². The van der Waals surface area contributed by atoms with Gasteiger partial charge in [-0.15, -0.1) is 0 Å². The molecule has 1 saturated heterocycles. The fourth-order valence-electron chi connectivity index (χ4n) is 2.54. The summed E-state index contributed by atoms with van der Waals surface area (Å²) >= 11 is 2.00. The van der Waals surface area contributed by atoms with Crippen molar-refractivity contribution in [3.05, 3.63) is 50.8 Å². The molecule has 4 N–H and O–H groups in total. The van der Waals surface area contributed by atoms with Crippen LogP contribution < -0.4 is 21.1 Å². The summed E-state index contributed by atoms with van der Waals surface area (Å²) in [5.41, 5.74) is 6.20. The Morgan fingerprint density at radius 2 is 2.19 bits per heavy atom. The first-order chi connectivity index (χ1) is 12.5. The van der Waals surface area contributed by atoms with Gasteiger partial charge in [-0.05, 0) is 52.9 Å². The molecule has 1 amide bonds. The number of anilines is 2. The minimum Gasteiger partial charge on any atom is -0.490 e. The largest absolute Gasteiger partial charge is 0.490 e. The van der Waals surface area contributed by atoms with Gasteiger partial charge in [0.25, 0.3) is 5.91 Å². The number of amides is 1. The molecular weight excluding hydrogens is 450 g/mol. The van der Waals surface area contributed by atoms with E-state index in [1.165, 1.54) is 18.2 Å². The molecule has 1 heterocycles. The van der Waals surface area contributed by atoms with E-state index in [4.69, 9.17) is 10.5 Å². The number of hydrogen-bond acceptors (Lipinski definition) is 5. The number of primary amides is 1. The summed E-state index contributed by atoms with van der Waals surface area (Å²) in [6, 6.07) is 9.60. The maximum absolute atomic E-state index is 14.3. The molecule has 26 heavy (non-hydrogen) atoms. The Labute approximate surface area is 163 Å². The Hall–Kier alpha value is -2.38. The van der Waals surface area contributed by atoms with E-state index < -0.39 is 11.7 Å². The second-order valence-corrected chi connectivity index (χ2v) is 7.17. The van der Waals surface area contributed by atoms with Gasteiger partial charge in [-0.1, -0.05) is 0 Å². The highest BCUT2D eigenvalue weighted by Crippen LogP contribution is 2.36. The van der Waals surface area contributed by atoms with Crippen LogP contribution in [-0.2, 0) is 0 Å². The minimum absolute atomic E-state index is 0.128. The van der Waals surface area contributed by atoms with Crippen LogP contribution >= 0.6 is 22.6 Å². The molecule has 1 aliphatic heterocycles. The molecule has 0 spiro atoms. The van der Waals surface area contributed by atoms with Crippen LogP contribution in [0.2, 0.25) is 0 Å². The van der Waals surface area contributed by atoms with Gasteiger partial charge in [-0.3, -0.25) is 4.79 Å². The topological polar surface area (TPSA) is 100 Å². The molecule has 0 atom stereocenters. The number of nitrogens with zero attached hydrogens (tertiary/aromatic N) is 1. The molecule has 0 radical (unpaired) electrons. The zero-order valence-corrected chi connectivity index (χ0v) is 15.8. The molecule has 2 aromatic carbocycles. The normalized spacial score (nSPS) is 13.6. The zero-order valence-electron chi connectivity index (χ0n) is 13.7. The third kappa shape index (κ3) is 3.89. The predicted molar refractivity (Wildman–Crippen MR) is 104 cm³/mol. The standard InChI is InChI=1S/C18H16FIN4O2/c19-14-5-12(20)2-4-15(14)24-16-13(18(22)25)3-1-11(6-21)17(16)26-9-10-7-23-8-10/h1-5,10,23-24H,7-9H2,(H2,22,25). The first kappa shape index (κ1) is 18.4. The molecule has 0 bridgehead atoms. The lowest BCUT2D eigenvalue weighted by molar-refractivity contribution is 0.100. The molecule has 0 unspecified atom stereocenters. The predicted octanol–water partition coefficient (Wildman–Crippen LogP) is 2.74. The van der Waals surface area contributed by atoms with Gasteiger partial charge < -0.3 is 21.1 Å². The number of carbonyl (C=O) groups excluding carboxylic acids is 1. The monoisotopic (exact) mass is 466 g/mol. The quantitative estimate of drug-likeness (QED) is 0.569. The summed E-state index contributed by atoms with van der Waals surface area (Å²) in [6.45, 7) is 2.03. The van der Waals surface area contributed by atoms with Crippen molar-refractivity contribution < 1.29 is 13.9 Å². The van der Waals surface area contributed by atoms with Crippen molar-refractivity contribution in [1.29, 1.82) is 5.26 Å². The first-order valence-electron chi connectivity index (χ1n) is 7.92. The summed E-state index contributed by atoms with van der Waals surface area (Å²) in [7, 11) is 0. The van der Waals surface area contributed by atoms with E-state index in [9.17, 15) is 14.4 Å². The Kier molecular flexibility index (Phi) is 5.58. The number of nitrogens with two attached hydrogens (primary N) is 1. The molecule has 8 heteroatoms. The first-order valence-corrected chi connectivity index (χ1v) is 9.00. The van der Waals surface area contributed by atoms with Crippen LogP contribution in [0.4, 0.5) is 15.8 Å². The highest BCUT2D eigenvalue weighted by Gasteiger charge is 2.23. The lowest BCUT2D eigenvalue weighted by Crippen LogP contribution is -2.45. The van der Waals surface area contributed by atoms with Crippen molar-refractivity contribution in [2.75, 3.05) is 25.0 Å². The summed E-state index contributed by atoms with van der Waals surface area (Å²) in [5.74, 6) is -0.655. The molecule has 2 aromatic rings. The third-order valence-corrected chi connectivity index (χ3v) is 4.73. The van der Waals surface area contributed by atoms with E-state index in [1.54, 1.807) is 12.1 Å². The van der Waals surface area contributed by atoms with E-state index >= 15 is 0 Å². The minimum atomic E-state index is -0.696. The molecule has 3 rings (SSSR count). The van der Waals surface area contributed by atoms with Crippen molar-refractivity contribution in [3.63, 3.8) is 0 Å². The highest BCUT2D eigenvalue weighted by molar-refractivity contribution is 14.1. The Morgan fingerprint density at radius 1 is 1.42 bits per heavy atom. The molecule has 1 fully saturated rings. The number of halogens is 2. The number of benzene rings is 2. The number of hydrogen-bond donors (Lipinski definition) is 3. The van der Waals surface area contributed by atoms with Crippen LogP contribution in [0.1, 0.15) is 15.9 Å². The van der Waals surface area contributed by atoms with Gasteiger partial charge in [0.2, 0.25) is 0 Å². The van der Waals surface area contributed by atoms with Crippen LogP contribution in [0, 0.1) is 26.6 Å². The maximum Gasteiger partial charge on any atom is 0.250 e. The SMILES string of the molecule is N#Cc1ccc(C(N)=O)c(Nc2ccc(I)cc2F)c1OCC1CNC1. The number of carbonyl (C=O) groups is 1. The van der Waals surface area contributed by atoms with Crippen LogP contribution in [0.5, 0.6) is 5.75 Å². The Morgan fingerprint density at radius 3 is 2.77 bits per heavy atom. The van der Waals surface area contributed by atoms with Crippen LogP contribution in [0.3, 0.4) is 0 Å². The summed E-state index contributed by atoms with van der Waals surface area (Å²) in [6.07, 6.45) is 0. The second kappa shape index (κ2) is 7.88. The fraction of sp³-hybridized carbons (Fsp3) is 0.222. The maximum atomic E-state index is 14.3. The molecule has 6 nitrogen and oxygen atoms in total. The van der Waals surface area contributed by atoms with Gasteiger partial charge in [-0.2, -0.15) is 5.26 Å². The smallest absolute Gasteiger partial charge is 0.250 e. The number of nitriles is 1. The van der Waals surface area contributed by atoms with Crippen molar-refractivity contribution in [2.45, 2.75) is 0 Å². The van der Waals surface area contributed by atoms with Gasteiger partial charge in [0.05, 0.1) is 29.1 Å². The molecule has 0 aliphatic carbocycles. The molecule has 134 valence electrons. The van der Waals surface area contributed by atoms with E-state index in [0.717, 1.165) is 16.7 Å². The van der Waals surface area contributed by atoms with Crippen molar-refractivity contribution >= 4 is 39.9 Å². The number of ether oxygens (including phenoxy) is 1. The molecule has 1 aliphatic rings. The Balaban J connectivity index is 2.03. The van der Waals surface area contributed by atoms with E-state index in [1.807, 2.05) is 28.7 Å². The lowest BCUT2D eigenvalue weighted by Gasteiger charge is -2.27. The van der Waals surface area contributed by atoms with Crippen LogP contribution in [-0.4, -0.2) is 25.6 Å². The van der Waals surface area contributed by atoms with Crippen molar-refractivity contribution in [2.24, 2.45) is 11.7 Å². The highest BCUT2D eigenvalue weighted by atomic mass is 127. The second-order valence-electron chi connectivity index (χ2n) is 5.93. The van der Waals surface area contributed by atoms with Crippen molar-refractivity contribution in [1.82, 2.24) is 5.32 Å². The molecule has 0 aromatic heterocycles. The van der Waals surface area contributed by atoms with Gasteiger partial charge in [0.15, 0.2) is 5.75 Å². The average Bonchev–Trinajstić information content (AvgIpc) is 2.56. The Bertz CT molecular complexity index is 893. The van der Waals surface area contributed by atoms with Crippen LogP contribution in [0.15, 0.2) is 30.3 Å². The molecular formula is C18H16FIN4O2. The lowest BCUT2D eigenvalue weighted by atomic mass is 10.0. The van der Waals surface area contributed by atoms with Gasteiger partial charge in [-0.25, -0.2) is 4.39 Å². The van der Waals surface area contributed by atoms with Gasteiger partial charge >= 0.3 is 0 Å². The number of rotatable bonds is 6. The average molecular weight is 466 g/mol. The summed E-state index contributed by atoms with van der Waals surface area (Å²) < 4.78 is 20.8. The van der Waals surface area contributed by atoms with Gasteiger partial charge in [0.1, 0.15) is 11.9 Å². The van der Waals surface area contributed by atoms with Gasteiger partial charge in [0, 0.05) is 22.6 Å². The van der Waals surface area contributed by atoms with E-state index in [0.29, 0.717) is 12.5 Å².